The van der Waals surface area contributed by atoms with Gasteiger partial charge in [0.15, 0.2) is 0 Å². The number of amides is 1. The average molecular weight is 273 g/mol. The summed E-state index contributed by atoms with van der Waals surface area (Å²) in [5.74, 6) is -0.727. The minimum absolute atomic E-state index is 0.182. The van der Waals surface area contributed by atoms with Gasteiger partial charge in [0, 0.05) is 0 Å². The number of nitrogens with one attached hydrogen (secondary N) is 1. The summed E-state index contributed by atoms with van der Waals surface area (Å²) in [6, 6.07) is -0.938. The van der Waals surface area contributed by atoms with E-state index in [1.807, 2.05) is 27.7 Å². The first kappa shape index (κ1) is 17.7. The summed E-state index contributed by atoms with van der Waals surface area (Å²) in [7, 11) is 0. The summed E-state index contributed by atoms with van der Waals surface area (Å²) in [5.41, 5.74) is -0.821. The van der Waals surface area contributed by atoms with Gasteiger partial charge >= 0.3 is 12.1 Å². The molecule has 0 saturated heterocycles. The third-order valence-electron chi connectivity index (χ3n) is 3.28. The molecule has 0 aromatic heterocycles. The largest absolute Gasteiger partial charge is 0.480 e. The normalized spacial score (nSPS) is 14.1. The highest BCUT2D eigenvalue weighted by atomic mass is 16.6. The van der Waals surface area contributed by atoms with Gasteiger partial charge in [0.2, 0.25) is 0 Å². The van der Waals surface area contributed by atoms with Gasteiger partial charge in [-0.25, -0.2) is 9.59 Å². The van der Waals surface area contributed by atoms with Crippen LogP contribution in [-0.4, -0.2) is 28.8 Å². The van der Waals surface area contributed by atoms with Gasteiger partial charge in [0.05, 0.1) is 0 Å². The lowest BCUT2D eigenvalue weighted by Crippen LogP contribution is -2.46. The van der Waals surface area contributed by atoms with E-state index in [1.54, 1.807) is 20.8 Å². The Bertz CT molecular complexity index is 329. The number of aliphatic carboxylic acids is 1. The second-order valence-corrected chi connectivity index (χ2v) is 6.88. The second-order valence-electron chi connectivity index (χ2n) is 6.88. The molecule has 0 radical (unpaired) electrons. The molecule has 0 aromatic carbocycles. The van der Waals surface area contributed by atoms with E-state index >= 15 is 0 Å². The van der Waals surface area contributed by atoms with Crippen molar-refractivity contribution >= 4 is 12.1 Å². The van der Waals surface area contributed by atoms with Crippen molar-refractivity contribution < 1.29 is 19.4 Å². The maximum atomic E-state index is 11.6. The molecule has 0 aliphatic carbocycles. The van der Waals surface area contributed by atoms with E-state index in [0.29, 0.717) is 12.3 Å². The minimum Gasteiger partial charge on any atom is -0.480 e. The molecule has 1 amide bonds. The standard InChI is InChI=1S/C14H27NO4/c1-9(2)14(6,7)8-10(11(16)17)15-12(18)19-13(3,4)5/h9-10H,8H2,1-7H3,(H,15,18)(H,16,17). The van der Waals surface area contributed by atoms with Crippen molar-refractivity contribution in [1.82, 2.24) is 5.32 Å². The fraction of sp³-hybridized carbons (Fsp3) is 0.857. The lowest BCUT2D eigenvalue weighted by atomic mass is 9.76. The Balaban J connectivity index is 4.69. The summed E-state index contributed by atoms with van der Waals surface area (Å²) < 4.78 is 5.08. The molecule has 0 rings (SSSR count). The van der Waals surface area contributed by atoms with Crippen LogP contribution in [0.1, 0.15) is 54.9 Å². The van der Waals surface area contributed by atoms with Gasteiger partial charge < -0.3 is 15.2 Å². The molecule has 0 fully saturated rings. The predicted molar refractivity (Wildman–Crippen MR) is 74.0 cm³/mol. The van der Waals surface area contributed by atoms with Crippen molar-refractivity contribution in [2.75, 3.05) is 0 Å². The molecule has 0 spiro atoms. The number of hydrogen-bond acceptors (Lipinski definition) is 3. The first-order valence-electron chi connectivity index (χ1n) is 6.57. The Kier molecular flexibility index (Phi) is 5.84. The molecule has 0 bridgehead atoms. The van der Waals surface area contributed by atoms with Crippen molar-refractivity contribution in [3.8, 4) is 0 Å². The van der Waals surface area contributed by atoms with Crippen LogP contribution in [-0.2, 0) is 9.53 Å². The first-order chi connectivity index (χ1) is 8.35. The van der Waals surface area contributed by atoms with E-state index in [4.69, 9.17) is 4.74 Å². The third-order valence-corrected chi connectivity index (χ3v) is 3.28. The molecule has 1 unspecified atom stereocenters. The smallest absolute Gasteiger partial charge is 0.408 e. The van der Waals surface area contributed by atoms with Crippen LogP contribution in [0.25, 0.3) is 0 Å². The minimum atomic E-state index is -1.04. The van der Waals surface area contributed by atoms with Crippen LogP contribution in [0, 0.1) is 11.3 Å². The van der Waals surface area contributed by atoms with Gasteiger partial charge in [-0.3, -0.25) is 0 Å². The summed E-state index contributed by atoms with van der Waals surface area (Å²) >= 11 is 0. The molecule has 5 heteroatoms. The molecule has 5 nitrogen and oxygen atoms in total. The topological polar surface area (TPSA) is 75.6 Å². The van der Waals surface area contributed by atoms with E-state index < -0.39 is 23.7 Å². The fourth-order valence-corrected chi connectivity index (χ4v) is 1.41. The number of carboxylic acids is 1. The van der Waals surface area contributed by atoms with Crippen molar-refractivity contribution in [2.45, 2.75) is 66.5 Å². The van der Waals surface area contributed by atoms with Crippen LogP contribution < -0.4 is 5.32 Å². The summed E-state index contributed by atoms with van der Waals surface area (Å²) in [6.45, 7) is 13.3. The maximum absolute atomic E-state index is 11.6. The maximum Gasteiger partial charge on any atom is 0.408 e. The number of alkyl carbamates (subject to hydrolysis) is 1. The molecule has 0 aliphatic rings. The lowest BCUT2D eigenvalue weighted by Gasteiger charge is -2.32. The zero-order valence-corrected chi connectivity index (χ0v) is 13.0. The molecular weight excluding hydrogens is 246 g/mol. The van der Waals surface area contributed by atoms with Gasteiger partial charge in [-0.2, -0.15) is 0 Å². The number of hydrogen-bond donors (Lipinski definition) is 2. The Labute approximate surface area is 115 Å². The van der Waals surface area contributed by atoms with Crippen LogP contribution >= 0.6 is 0 Å². The number of ether oxygens (including phenoxy) is 1. The second kappa shape index (κ2) is 6.26. The van der Waals surface area contributed by atoms with E-state index in [1.165, 1.54) is 0 Å². The SMILES string of the molecule is CC(C)C(C)(C)CC(NC(=O)OC(C)(C)C)C(=O)O. The molecule has 19 heavy (non-hydrogen) atoms. The van der Waals surface area contributed by atoms with Gasteiger partial charge in [-0.05, 0) is 38.5 Å². The third kappa shape index (κ3) is 7.03. The number of carbonyl (C=O) groups excluding carboxylic acids is 1. The summed E-state index contributed by atoms with van der Waals surface area (Å²) in [5, 5.41) is 11.6. The number of carboxylic acid groups (broad SMARTS) is 1. The van der Waals surface area contributed by atoms with Gasteiger partial charge in [-0.1, -0.05) is 27.7 Å². The van der Waals surface area contributed by atoms with Gasteiger partial charge in [0.25, 0.3) is 0 Å². The Morgan fingerprint density at radius 3 is 1.95 bits per heavy atom. The predicted octanol–water partition coefficient (Wildman–Crippen LogP) is 3.04. The Morgan fingerprint density at radius 1 is 1.16 bits per heavy atom. The van der Waals surface area contributed by atoms with Crippen LogP contribution in [0.3, 0.4) is 0 Å². The highest BCUT2D eigenvalue weighted by Crippen LogP contribution is 2.31. The zero-order chi connectivity index (χ0) is 15.4. The van der Waals surface area contributed by atoms with Crippen LogP contribution in [0.15, 0.2) is 0 Å². The fourth-order valence-electron chi connectivity index (χ4n) is 1.41. The molecule has 112 valence electrons. The monoisotopic (exact) mass is 273 g/mol. The molecule has 0 aromatic rings. The molecule has 0 heterocycles. The molecule has 1 atom stereocenters. The number of carbonyl (C=O) groups is 2. The van der Waals surface area contributed by atoms with Crippen molar-refractivity contribution in [2.24, 2.45) is 11.3 Å². The van der Waals surface area contributed by atoms with Crippen molar-refractivity contribution in [3.05, 3.63) is 0 Å². The number of rotatable bonds is 5. The average Bonchev–Trinajstić information content (AvgIpc) is 2.12. The van der Waals surface area contributed by atoms with Crippen LogP contribution in [0.4, 0.5) is 4.79 Å². The highest BCUT2D eigenvalue weighted by molar-refractivity contribution is 5.80. The highest BCUT2D eigenvalue weighted by Gasteiger charge is 2.32. The van der Waals surface area contributed by atoms with Crippen LogP contribution in [0.2, 0.25) is 0 Å². The van der Waals surface area contributed by atoms with Crippen molar-refractivity contribution in [1.29, 1.82) is 0 Å². The Morgan fingerprint density at radius 2 is 1.63 bits per heavy atom. The molecule has 2 N–H and O–H groups in total. The summed E-state index contributed by atoms with van der Waals surface area (Å²) in [4.78, 5) is 22.9. The molecular formula is C14H27NO4. The van der Waals surface area contributed by atoms with Crippen molar-refractivity contribution in [3.63, 3.8) is 0 Å². The van der Waals surface area contributed by atoms with Gasteiger partial charge in [-0.15, -0.1) is 0 Å². The van der Waals surface area contributed by atoms with Crippen LogP contribution in [0.5, 0.6) is 0 Å². The lowest BCUT2D eigenvalue weighted by molar-refractivity contribution is -0.140. The van der Waals surface area contributed by atoms with E-state index in [0.717, 1.165) is 0 Å². The molecule has 0 saturated carbocycles. The first-order valence-corrected chi connectivity index (χ1v) is 6.57. The Hall–Kier alpha value is -1.26. The quantitative estimate of drug-likeness (QED) is 0.807. The summed E-state index contributed by atoms with van der Waals surface area (Å²) in [6.07, 6.45) is -0.335. The van der Waals surface area contributed by atoms with Gasteiger partial charge in [0.1, 0.15) is 11.6 Å². The van der Waals surface area contributed by atoms with E-state index in [-0.39, 0.29) is 5.41 Å². The van der Waals surface area contributed by atoms with E-state index in [2.05, 4.69) is 5.32 Å². The zero-order valence-electron chi connectivity index (χ0n) is 13.0. The van der Waals surface area contributed by atoms with E-state index in [9.17, 15) is 14.7 Å². The molecule has 0 aliphatic heterocycles.